The lowest BCUT2D eigenvalue weighted by molar-refractivity contribution is -0.132. The van der Waals surface area contributed by atoms with Crippen molar-refractivity contribution in [1.29, 1.82) is 0 Å². The molecule has 1 saturated heterocycles. The summed E-state index contributed by atoms with van der Waals surface area (Å²) >= 11 is 0. The number of carbonyl (C=O) groups is 2. The van der Waals surface area contributed by atoms with Gasteiger partial charge in [0.1, 0.15) is 6.26 Å². The molecule has 23 heavy (non-hydrogen) atoms. The van der Waals surface area contributed by atoms with Gasteiger partial charge in [0, 0.05) is 32.1 Å². The highest BCUT2D eigenvalue weighted by Crippen LogP contribution is 2.17. The summed E-state index contributed by atoms with van der Waals surface area (Å²) in [5.41, 5.74) is 0.546. The van der Waals surface area contributed by atoms with Crippen LogP contribution in [-0.4, -0.2) is 47.3 Å². The van der Waals surface area contributed by atoms with Gasteiger partial charge in [-0.2, -0.15) is 0 Å². The quantitative estimate of drug-likeness (QED) is 0.809. The molecule has 5 nitrogen and oxygen atoms in total. The molecule has 0 aromatic carbocycles. The van der Waals surface area contributed by atoms with E-state index in [-0.39, 0.29) is 17.9 Å². The average molecular weight is 320 g/mol. The van der Waals surface area contributed by atoms with Crippen molar-refractivity contribution in [3.8, 4) is 0 Å². The van der Waals surface area contributed by atoms with Crippen LogP contribution in [0.4, 0.5) is 0 Å². The number of furan rings is 1. The monoisotopic (exact) mass is 320 g/mol. The zero-order valence-corrected chi connectivity index (χ0v) is 14.5. The van der Waals surface area contributed by atoms with Gasteiger partial charge in [-0.15, -0.1) is 0 Å². The Morgan fingerprint density at radius 3 is 2.65 bits per heavy atom. The molecule has 2 rings (SSSR count). The molecule has 0 N–H and O–H groups in total. The van der Waals surface area contributed by atoms with Gasteiger partial charge in [-0.25, -0.2) is 0 Å². The van der Waals surface area contributed by atoms with Crippen molar-refractivity contribution in [2.24, 2.45) is 5.92 Å². The van der Waals surface area contributed by atoms with Crippen molar-refractivity contribution in [2.45, 2.75) is 52.5 Å². The molecule has 0 spiro atoms. The number of nitrogens with zero attached hydrogens (tertiary/aromatic N) is 2. The fourth-order valence-electron chi connectivity index (χ4n) is 2.93. The molecule has 1 atom stereocenters. The maximum atomic E-state index is 12.6. The van der Waals surface area contributed by atoms with E-state index in [1.165, 1.54) is 12.5 Å². The first-order valence-corrected chi connectivity index (χ1v) is 8.63. The number of rotatable bonds is 6. The van der Waals surface area contributed by atoms with E-state index < -0.39 is 0 Å². The van der Waals surface area contributed by atoms with Gasteiger partial charge in [0.2, 0.25) is 5.91 Å². The summed E-state index contributed by atoms with van der Waals surface area (Å²) in [6.45, 7) is 8.46. The predicted octanol–water partition coefficient (Wildman–Crippen LogP) is 3.17. The SMILES string of the molecule is CCC(C)N(CCC(=O)N1CCC(C)CC1)C(=O)c1ccoc1. The average Bonchev–Trinajstić information content (AvgIpc) is 3.09. The van der Waals surface area contributed by atoms with Crippen molar-refractivity contribution in [3.63, 3.8) is 0 Å². The topological polar surface area (TPSA) is 53.8 Å². The van der Waals surface area contributed by atoms with Crippen molar-refractivity contribution < 1.29 is 14.0 Å². The molecule has 1 unspecified atom stereocenters. The molecule has 0 saturated carbocycles. The van der Waals surface area contributed by atoms with Crippen molar-refractivity contribution >= 4 is 11.8 Å². The summed E-state index contributed by atoms with van der Waals surface area (Å²) < 4.78 is 5.01. The number of carbonyl (C=O) groups excluding carboxylic acids is 2. The Balaban J connectivity index is 1.93. The summed E-state index contributed by atoms with van der Waals surface area (Å²) in [5.74, 6) is 0.802. The van der Waals surface area contributed by atoms with E-state index in [9.17, 15) is 9.59 Å². The zero-order valence-electron chi connectivity index (χ0n) is 14.5. The van der Waals surface area contributed by atoms with E-state index in [0.29, 0.717) is 24.4 Å². The number of hydrogen-bond donors (Lipinski definition) is 0. The van der Waals surface area contributed by atoms with Crippen LogP contribution in [0.1, 0.15) is 56.8 Å². The smallest absolute Gasteiger partial charge is 0.257 e. The lowest BCUT2D eigenvalue weighted by Crippen LogP contribution is -2.43. The van der Waals surface area contributed by atoms with E-state index in [2.05, 4.69) is 6.92 Å². The minimum atomic E-state index is -0.0619. The maximum absolute atomic E-state index is 12.6. The fourth-order valence-corrected chi connectivity index (χ4v) is 2.93. The largest absolute Gasteiger partial charge is 0.472 e. The lowest BCUT2D eigenvalue weighted by Gasteiger charge is -2.32. The molecule has 2 heterocycles. The second-order valence-electron chi connectivity index (χ2n) is 6.58. The first kappa shape index (κ1) is 17.6. The third-order valence-corrected chi connectivity index (χ3v) is 4.85. The minimum absolute atomic E-state index is 0.0619. The molecule has 1 aliphatic heterocycles. The zero-order chi connectivity index (χ0) is 16.8. The van der Waals surface area contributed by atoms with Crippen LogP contribution in [0.2, 0.25) is 0 Å². The third-order valence-electron chi connectivity index (χ3n) is 4.85. The second kappa shape index (κ2) is 8.18. The molecule has 2 amide bonds. The Bertz CT molecular complexity index is 504. The van der Waals surface area contributed by atoms with Crippen LogP contribution in [-0.2, 0) is 4.79 Å². The summed E-state index contributed by atoms with van der Waals surface area (Å²) in [5, 5.41) is 0. The first-order valence-electron chi connectivity index (χ1n) is 8.63. The number of likely N-dealkylation sites (tertiary alicyclic amines) is 1. The molecule has 1 aliphatic rings. The van der Waals surface area contributed by atoms with Crippen LogP contribution in [0.15, 0.2) is 23.0 Å². The fraction of sp³-hybridized carbons (Fsp3) is 0.667. The van der Waals surface area contributed by atoms with Crippen LogP contribution in [0.25, 0.3) is 0 Å². The van der Waals surface area contributed by atoms with E-state index >= 15 is 0 Å². The molecule has 5 heteroatoms. The molecule has 0 aliphatic carbocycles. The van der Waals surface area contributed by atoms with E-state index in [1.54, 1.807) is 11.0 Å². The molecular weight excluding hydrogens is 292 g/mol. The Kier molecular flexibility index (Phi) is 6.25. The Morgan fingerprint density at radius 1 is 1.39 bits per heavy atom. The molecular formula is C18H28N2O3. The summed E-state index contributed by atoms with van der Waals surface area (Å²) in [6, 6.07) is 1.78. The van der Waals surface area contributed by atoms with Gasteiger partial charge in [-0.1, -0.05) is 13.8 Å². The van der Waals surface area contributed by atoms with Crippen LogP contribution >= 0.6 is 0 Å². The number of piperidine rings is 1. The van der Waals surface area contributed by atoms with Crippen molar-refractivity contribution in [2.75, 3.05) is 19.6 Å². The summed E-state index contributed by atoms with van der Waals surface area (Å²) in [4.78, 5) is 28.7. The van der Waals surface area contributed by atoms with Crippen LogP contribution in [0.5, 0.6) is 0 Å². The van der Waals surface area contributed by atoms with Gasteiger partial charge in [-0.05, 0) is 38.2 Å². The van der Waals surface area contributed by atoms with Crippen LogP contribution < -0.4 is 0 Å². The number of amides is 2. The second-order valence-corrected chi connectivity index (χ2v) is 6.58. The van der Waals surface area contributed by atoms with E-state index in [4.69, 9.17) is 4.42 Å². The van der Waals surface area contributed by atoms with Gasteiger partial charge in [0.25, 0.3) is 5.91 Å². The van der Waals surface area contributed by atoms with Crippen LogP contribution in [0.3, 0.4) is 0 Å². The third kappa shape index (κ3) is 4.60. The van der Waals surface area contributed by atoms with Gasteiger partial charge < -0.3 is 14.2 Å². The molecule has 1 aromatic heterocycles. The highest BCUT2D eigenvalue weighted by molar-refractivity contribution is 5.94. The van der Waals surface area contributed by atoms with Gasteiger partial charge in [0.15, 0.2) is 0 Å². The maximum Gasteiger partial charge on any atom is 0.257 e. The lowest BCUT2D eigenvalue weighted by atomic mass is 9.99. The summed E-state index contributed by atoms with van der Waals surface area (Å²) in [7, 11) is 0. The molecule has 128 valence electrons. The first-order chi connectivity index (χ1) is 11.0. The standard InChI is InChI=1S/C18H28N2O3/c1-4-15(3)20(18(22)16-8-12-23-13-16)11-7-17(21)19-9-5-14(2)6-10-19/h8,12-15H,4-7,9-11H2,1-3H3. The Hall–Kier alpha value is -1.78. The van der Waals surface area contributed by atoms with Gasteiger partial charge in [0.05, 0.1) is 11.8 Å². The van der Waals surface area contributed by atoms with Crippen LogP contribution in [0, 0.1) is 5.92 Å². The van der Waals surface area contributed by atoms with E-state index in [0.717, 1.165) is 32.4 Å². The van der Waals surface area contributed by atoms with E-state index in [1.807, 2.05) is 18.7 Å². The highest BCUT2D eigenvalue weighted by atomic mass is 16.3. The molecule has 1 aromatic rings. The molecule has 1 fully saturated rings. The normalized spacial score (nSPS) is 17.1. The number of hydrogen-bond acceptors (Lipinski definition) is 3. The predicted molar refractivity (Wildman–Crippen MR) is 89.1 cm³/mol. The van der Waals surface area contributed by atoms with Gasteiger partial charge >= 0.3 is 0 Å². The van der Waals surface area contributed by atoms with Crippen molar-refractivity contribution in [3.05, 3.63) is 24.2 Å². The molecule has 0 bridgehead atoms. The molecule has 0 radical (unpaired) electrons. The van der Waals surface area contributed by atoms with Gasteiger partial charge in [-0.3, -0.25) is 9.59 Å². The summed E-state index contributed by atoms with van der Waals surface area (Å²) in [6.07, 6.45) is 6.37. The minimum Gasteiger partial charge on any atom is -0.472 e. The Labute approximate surface area is 138 Å². The highest BCUT2D eigenvalue weighted by Gasteiger charge is 2.24. The Morgan fingerprint density at radius 2 is 2.09 bits per heavy atom. The van der Waals surface area contributed by atoms with Crippen molar-refractivity contribution in [1.82, 2.24) is 9.80 Å².